The number of rotatable bonds is 6. The number of halogens is 1. The van der Waals surface area contributed by atoms with Gasteiger partial charge in [0.25, 0.3) is 11.5 Å². The smallest absolute Gasteiger partial charge is 0.261 e. The van der Waals surface area contributed by atoms with Crippen LogP contribution in [-0.4, -0.2) is 62.4 Å². The molecule has 1 amide bonds. The zero-order chi connectivity index (χ0) is 25.9. The molecule has 1 aliphatic heterocycles. The van der Waals surface area contributed by atoms with Crippen LogP contribution in [0.2, 0.25) is 4.34 Å². The number of amidine groups is 1. The molecule has 0 spiro atoms. The maximum absolute atomic E-state index is 12.5. The second-order valence-corrected chi connectivity index (χ2v) is 10.3. The molecule has 4 aromatic rings. The number of nitrogens with one attached hydrogen (secondary N) is 2. The van der Waals surface area contributed by atoms with E-state index in [1.807, 2.05) is 29.2 Å². The molecule has 190 valence electrons. The van der Waals surface area contributed by atoms with E-state index in [2.05, 4.69) is 20.5 Å². The summed E-state index contributed by atoms with van der Waals surface area (Å²) in [5.41, 5.74) is 2.95. The molecule has 0 aliphatic carbocycles. The van der Waals surface area contributed by atoms with Gasteiger partial charge in [0.15, 0.2) is 0 Å². The summed E-state index contributed by atoms with van der Waals surface area (Å²) >= 11 is 7.15. The molecule has 37 heavy (non-hydrogen) atoms. The Labute approximate surface area is 222 Å². The molecule has 3 aromatic heterocycles. The van der Waals surface area contributed by atoms with Crippen LogP contribution in [0, 0.1) is 5.41 Å². The summed E-state index contributed by atoms with van der Waals surface area (Å²) in [7, 11) is 0. The normalized spacial score (nSPS) is 13.6. The second-order valence-electron chi connectivity index (χ2n) is 8.58. The first-order chi connectivity index (χ1) is 17.9. The summed E-state index contributed by atoms with van der Waals surface area (Å²) in [6.07, 6.45) is 3.53. The quantitative estimate of drug-likeness (QED) is 0.289. The van der Waals surface area contributed by atoms with Crippen molar-refractivity contribution < 1.29 is 4.79 Å². The van der Waals surface area contributed by atoms with Gasteiger partial charge in [0, 0.05) is 38.4 Å². The summed E-state index contributed by atoms with van der Waals surface area (Å²) in [5.74, 6) is 0.335. The Bertz CT molecular complexity index is 1500. The molecule has 1 fully saturated rings. The molecular weight excluding hydrogens is 512 g/mol. The lowest BCUT2D eigenvalue weighted by molar-refractivity contribution is 0.0954. The number of thiophene rings is 1. The predicted octanol–water partition coefficient (Wildman–Crippen LogP) is 3.18. The second kappa shape index (κ2) is 10.6. The molecule has 1 aliphatic rings. The summed E-state index contributed by atoms with van der Waals surface area (Å²) in [5, 5.41) is 19.4. The topological polar surface area (TPSA) is 112 Å². The van der Waals surface area contributed by atoms with Crippen LogP contribution in [0.4, 0.5) is 5.69 Å². The minimum Gasteiger partial charge on any atom is -0.366 e. The van der Waals surface area contributed by atoms with Gasteiger partial charge in [0.05, 0.1) is 44.9 Å². The highest BCUT2D eigenvalue weighted by atomic mass is 35.5. The van der Waals surface area contributed by atoms with E-state index in [4.69, 9.17) is 17.0 Å². The largest absolute Gasteiger partial charge is 0.366 e. The fourth-order valence-electron chi connectivity index (χ4n) is 4.22. The lowest BCUT2D eigenvalue weighted by atomic mass is 10.2. The van der Waals surface area contributed by atoms with Gasteiger partial charge in [-0.1, -0.05) is 22.9 Å². The first kappa shape index (κ1) is 24.7. The van der Waals surface area contributed by atoms with E-state index >= 15 is 0 Å². The summed E-state index contributed by atoms with van der Waals surface area (Å²) in [6, 6.07) is 14.2. The fourth-order valence-corrected chi connectivity index (χ4v) is 5.18. The van der Waals surface area contributed by atoms with E-state index in [1.54, 1.807) is 46.8 Å². The van der Waals surface area contributed by atoms with Crippen molar-refractivity contribution in [1.29, 1.82) is 5.41 Å². The zero-order valence-electron chi connectivity index (χ0n) is 20.1. The van der Waals surface area contributed by atoms with Gasteiger partial charge in [0.1, 0.15) is 5.69 Å². The molecule has 1 aromatic carbocycles. The Balaban J connectivity index is 1.42. The molecule has 0 radical (unpaired) electrons. The molecule has 12 heteroatoms. The molecular formula is C25H25ClN8O2S. The van der Waals surface area contributed by atoms with Crippen molar-refractivity contribution >= 4 is 40.4 Å². The van der Waals surface area contributed by atoms with Crippen LogP contribution < -0.4 is 15.8 Å². The third-order valence-electron chi connectivity index (χ3n) is 6.17. The number of carbonyl (C=O) groups is 1. The van der Waals surface area contributed by atoms with E-state index in [0.29, 0.717) is 20.7 Å². The van der Waals surface area contributed by atoms with E-state index in [9.17, 15) is 9.59 Å². The van der Waals surface area contributed by atoms with Crippen LogP contribution in [-0.2, 0) is 6.54 Å². The fraction of sp³-hybridized carbons (Fsp3) is 0.240. The number of nitrogens with zero attached hydrogens (tertiary/aromatic N) is 6. The van der Waals surface area contributed by atoms with Crippen molar-refractivity contribution in [3.8, 4) is 11.4 Å². The number of pyridine rings is 1. The molecule has 5 rings (SSSR count). The molecule has 1 saturated heterocycles. The lowest BCUT2D eigenvalue weighted by Crippen LogP contribution is -2.48. The lowest BCUT2D eigenvalue weighted by Gasteiger charge is -2.37. The van der Waals surface area contributed by atoms with Crippen molar-refractivity contribution in [3.05, 3.63) is 86.2 Å². The Morgan fingerprint density at radius 3 is 2.62 bits per heavy atom. The van der Waals surface area contributed by atoms with Crippen molar-refractivity contribution in [2.24, 2.45) is 0 Å². The number of piperazine rings is 1. The molecule has 10 nitrogen and oxygen atoms in total. The van der Waals surface area contributed by atoms with Crippen molar-refractivity contribution in [2.75, 3.05) is 31.1 Å². The van der Waals surface area contributed by atoms with E-state index in [1.165, 1.54) is 17.4 Å². The average Bonchev–Trinajstić information content (AvgIpc) is 3.56. The van der Waals surface area contributed by atoms with Crippen molar-refractivity contribution in [1.82, 2.24) is 29.8 Å². The maximum atomic E-state index is 12.5. The number of hydrogen-bond acceptors (Lipinski definition) is 7. The number of aromatic nitrogens is 4. The minimum atomic E-state index is -0.218. The van der Waals surface area contributed by atoms with Crippen molar-refractivity contribution in [2.45, 2.75) is 13.5 Å². The van der Waals surface area contributed by atoms with Gasteiger partial charge in [-0.2, -0.15) is 0 Å². The van der Waals surface area contributed by atoms with E-state index < -0.39 is 0 Å². The van der Waals surface area contributed by atoms with Gasteiger partial charge in [-0.3, -0.25) is 19.6 Å². The highest BCUT2D eigenvalue weighted by Crippen LogP contribution is 2.28. The molecule has 0 bridgehead atoms. The maximum Gasteiger partial charge on any atom is 0.261 e. The molecule has 0 unspecified atom stereocenters. The van der Waals surface area contributed by atoms with Crippen LogP contribution in [0.5, 0.6) is 0 Å². The highest BCUT2D eigenvalue weighted by Gasteiger charge is 2.22. The predicted molar refractivity (Wildman–Crippen MR) is 145 cm³/mol. The van der Waals surface area contributed by atoms with Gasteiger partial charge in [-0.25, -0.2) is 4.68 Å². The highest BCUT2D eigenvalue weighted by molar-refractivity contribution is 7.18. The van der Waals surface area contributed by atoms with Crippen LogP contribution in [0.3, 0.4) is 0 Å². The average molecular weight is 537 g/mol. The van der Waals surface area contributed by atoms with E-state index in [-0.39, 0.29) is 18.0 Å². The number of benzene rings is 1. The van der Waals surface area contributed by atoms with Gasteiger partial charge >= 0.3 is 0 Å². The zero-order valence-corrected chi connectivity index (χ0v) is 21.7. The molecule has 0 saturated carbocycles. The number of amides is 1. The SMILES string of the molecule is CC(=N)N1CCN(c2cc(-n3ccccc3=O)ccc2-n2cc(CNC(=O)c3ccc(Cl)s3)nn2)CC1. The van der Waals surface area contributed by atoms with Gasteiger partial charge in [-0.15, -0.1) is 16.4 Å². The standard InChI is InChI=1S/C25H25ClN8O2S/c1-17(27)31-10-12-32(13-11-31)21-14-19(33-9-3-2-4-24(33)35)5-6-20(21)34-16-18(29-30-34)15-28-25(36)22-7-8-23(26)37-22/h2-9,14,16,27H,10-13,15H2,1H3,(H,28,36). The summed E-state index contributed by atoms with van der Waals surface area (Å²) in [6.45, 7) is 4.91. The number of carbonyl (C=O) groups excluding carboxylic acids is 1. The first-order valence-electron chi connectivity index (χ1n) is 11.7. The van der Waals surface area contributed by atoms with Gasteiger partial charge < -0.3 is 15.1 Å². The Morgan fingerprint density at radius 1 is 1.11 bits per heavy atom. The van der Waals surface area contributed by atoms with Crippen LogP contribution >= 0.6 is 22.9 Å². The molecule has 2 N–H and O–H groups in total. The van der Waals surface area contributed by atoms with Crippen molar-refractivity contribution in [3.63, 3.8) is 0 Å². The molecule has 0 atom stereocenters. The summed E-state index contributed by atoms with van der Waals surface area (Å²) < 4.78 is 3.84. The summed E-state index contributed by atoms with van der Waals surface area (Å²) in [4.78, 5) is 29.6. The van der Waals surface area contributed by atoms with Gasteiger partial charge in [0.2, 0.25) is 0 Å². The van der Waals surface area contributed by atoms with Crippen LogP contribution in [0.15, 0.2) is 65.7 Å². The van der Waals surface area contributed by atoms with Crippen LogP contribution in [0.1, 0.15) is 22.3 Å². The minimum absolute atomic E-state index is 0.115. The number of anilines is 1. The molecule has 4 heterocycles. The van der Waals surface area contributed by atoms with E-state index in [0.717, 1.165) is 43.2 Å². The Kier molecular flexibility index (Phi) is 7.06. The van der Waals surface area contributed by atoms with Crippen LogP contribution in [0.25, 0.3) is 11.4 Å². The Morgan fingerprint density at radius 2 is 1.92 bits per heavy atom. The monoisotopic (exact) mass is 536 g/mol. The Hall–Kier alpha value is -3.96. The third-order valence-corrected chi connectivity index (χ3v) is 7.40. The first-order valence-corrected chi connectivity index (χ1v) is 12.9. The van der Waals surface area contributed by atoms with Gasteiger partial charge in [-0.05, 0) is 43.3 Å². The third kappa shape index (κ3) is 5.42. The number of hydrogen-bond donors (Lipinski definition) is 2.